The number of fused-ring (bicyclic) bond motifs is 4. The molecule has 9 heteroatoms. The Morgan fingerprint density at radius 1 is 1.19 bits per heavy atom. The normalized spacial score (nSPS) is 31.4. The van der Waals surface area contributed by atoms with Crippen molar-refractivity contribution in [1.82, 2.24) is 10.2 Å². The average molecular weight is 394 g/mol. The van der Waals surface area contributed by atoms with Crippen molar-refractivity contribution < 1.29 is 32.2 Å². The van der Waals surface area contributed by atoms with Crippen molar-refractivity contribution in [2.24, 2.45) is 11.8 Å². The molecule has 0 radical (unpaired) electrons. The molecular weight excluding hydrogens is 365 g/mol. The number of hydrogen-bond acceptors (Lipinski definition) is 4. The molecule has 1 saturated carbocycles. The molecule has 2 bridgehead atoms. The van der Waals surface area contributed by atoms with Gasteiger partial charge >= 0.3 is 12.3 Å². The number of nitrogens with one attached hydrogen (secondary N) is 1. The van der Waals surface area contributed by atoms with E-state index in [0.29, 0.717) is 6.42 Å². The predicted molar refractivity (Wildman–Crippen MR) is 92.0 cm³/mol. The Hall–Kier alpha value is -1.51. The number of nitrogens with zero attached hydrogens (tertiary/aromatic N) is 1. The zero-order chi connectivity index (χ0) is 20.6. The first-order valence-electron chi connectivity index (χ1n) is 9.19. The first-order valence-corrected chi connectivity index (χ1v) is 9.19. The average Bonchev–Trinajstić information content (AvgIpc) is 2.67. The highest BCUT2D eigenvalue weighted by Crippen LogP contribution is 2.39. The van der Waals surface area contributed by atoms with E-state index in [-0.39, 0.29) is 18.4 Å². The molecule has 0 spiro atoms. The highest BCUT2D eigenvalue weighted by molar-refractivity contribution is 5.77. The molecule has 0 aromatic carbocycles. The fourth-order valence-corrected chi connectivity index (χ4v) is 4.29. The quantitative estimate of drug-likeness (QED) is 0.799. The van der Waals surface area contributed by atoms with Gasteiger partial charge in [0.2, 0.25) is 5.91 Å². The van der Waals surface area contributed by atoms with E-state index in [9.17, 15) is 22.8 Å². The van der Waals surface area contributed by atoms with E-state index in [0.717, 1.165) is 6.42 Å². The van der Waals surface area contributed by atoms with Crippen molar-refractivity contribution >= 4 is 12.0 Å². The topological polar surface area (TPSA) is 67.9 Å². The molecule has 0 aromatic heterocycles. The summed E-state index contributed by atoms with van der Waals surface area (Å²) in [5, 5.41) is 2.80. The van der Waals surface area contributed by atoms with E-state index < -0.39 is 48.4 Å². The molecule has 3 fully saturated rings. The number of piperidine rings is 1. The minimum absolute atomic E-state index is 0.00600. The number of halogens is 3. The molecule has 2 saturated heterocycles. The van der Waals surface area contributed by atoms with E-state index in [4.69, 9.17) is 9.47 Å². The van der Waals surface area contributed by atoms with Crippen LogP contribution in [0.15, 0.2) is 0 Å². The van der Waals surface area contributed by atoms with Gasteiger partial charge in [0.1, 0.15) is 12.0 Å². The second-order valence-electron chi connectivity index (χ2n) is 8.60. The van der Waals surface area contributed by atoms with Gasteiger partial charge in [-0.05, 0) is 45.4 Å². The number of rotatable bonds is 3. The molecule has 5 atom stereocenters. The summed E-state index contributed by atoms with van der Waals surface area (Å²) in [7, 11) is 1.45. The molecule has 156 valence electrons. The summed E-state index contributed by atoms with van der Waals surface area (Å²) >= 11 is 0. The summed E-state index contributed by atoms with van der Waals surface area (Å²) in [5.41, 5.74) is -0.668. The van der Waals surface area contributed by atoms with E-state index in [1.54, 1.807) is 20.8 Å². The number of carbonyl (C=O) groups is 2. The fourth-order valence-electron chi connectivity index (χ4n) is 4.29. The Morgan fingerprint density at radius 2 is 1.81 bits per heavy atom. The van der Waals surface area contributed by atoms with Crippen molar-refractivity contribution in [3.05, 3.63) is 0 Å². The van der Waals surface area contributed by atoms with E-state index in [1.807, 2.05) is 6.92 Å². The van der Waals surface area contributed by atoms with Gasteiger partial charge in [0.05, 0.1) is 18.2 Å². The van der Waals surface area contributed by atoms with Gasteiger partial charge in [0.25, 0.3) is 0 Å². The van der Waals surface area contributed by atoms with Crippen molar-refractivity contribution in [3.8, 4) is 0 Å². The van der Waals surface area contributed by atoms with E-state index in [2.05, 4.69) is 5.32 Å². The van der Waals surface area contributed by atoms with Crippen LogP contribution in [0.5, 0.6) is 0 Å². The Labute approximate surface area is 157 Å². The smallest absolute Gasteiger partial charge is 0.407 e. The third kappa shape index (κ3) is 5.73. The third-order valence-corrected chi connectivity index (χ3v) is 5.07. The monoisotopic (exact) mass is 394 g/mol. The van der Waals surface area contributed by atoms with Crippen LogP contribution in [0.25, 0.3) is 0 Å². The number of carbonyl (C=O) groups excluding carboxylic acids is 2. The number of methoxy groups -OCH3 is 1. The Balaban J connectivity index is 2.21. The number of hydrogen-bond donors (Lipinski definition) is 1. The van der Waals surface area contributed by atoms with Crippen molar-refractivity contribution in [2.75, 3.05) is 13.7 Å². The minimum Gasteiger partial charge on any atom is -0.444 e. The van der Waals surface area contributed by atoms with Crippen LogP contribution >= 0.6 is 0 Å². The van der Waals surface area contributed by atoms with Gasteiger partial charge in [-0.3, -0.25) is 4.79 Å². The summed E-state index contributed by atoms with van der Waals surface area (Å²) < 4.78 is 49.1. The maximum atomic E-state index is 12.7. The van der Waals surface area contributed by atoms with Gasteiger partial charge in [-0.25, -0.2) is 4.79 Å². The number of amides is 2. The summed E-state index contributed by atoms with van der Waals surface area (Å²) in [4.78, 5) is 25.8. The molecule has 2 unspecified atom stereocenters. The molecular formula is C18H29F3N2O4. The summed E-state index contributed by atoms with van der Waals surface area (Å²) in [5.74, 6) is -0.978. The standard InChI is InChI=1S/C18H29F3N2O4/c1-10-6-11-7-12(22-16(25)27-17(2,3)4)15(26-5)14(10)23(9-11)13(24)8-18(19,20)21/h10-12,14-15H,6-9H2,1-5H3,(H,22,25)/t10-,11?,12+,14?,15+/m1/s1. The van der Waals surface area contributed by atoms with Gasteiger partial charge in [-0.2, -0.15) is 13.2 Å². The zero-order valence-corrected chi connectivity index (χ0v) is 16.4. The molecule has 2 amide bonds. The van der Waals surface area contributed by atoms with Gasteiger partial charge in [0, 0.05) is 13.7 Å². The van der Waals surface area contributed by atoms with Crippen LogP contribution in [0.2, 0.25) is 0 Å². The maximum Gasteiger partial charge on any atom is 0.407 e. The number of alkyl carbamates (subject to hydrolysis) is 1. The third-order valence-electron chi connectivity index (χ3n) is 5.07. The van der Waals surface area contributed by atoms with Crippen LogP contribution in [-0.2, 0) is 14.3 Å². The van der Waals surface area contributed by atoms with Gasteiger partial charge in [-0.15, -0.1) is 0 Å². The SMILES string of the molecule is CO[C@@H]1C2[C@H](C)CC(C[C@@H]1NC(=O)OC(C)(C)C)CN2C(=O)CC(F)(F)F. The van der Waals surface area contributed by atoms with Crippen molar-refractivity contribution in [3.63, 3.8) is 0 Å². The number of ether oxygens (including phenoxy) is 2. The van der Waals surface area contributed by atoms with Crippen molar-refractivity contribution in [2.45, 2.75) is 76.9 Å². The van der Waals surface area contributed by atoms with E-state index in [1.165, 1.54) is 12.0 Å². The van der Waals surface area contributed by atoms with Gasteiger partial charge < -0.3 is 19.7 Å². The lowest BCUT2D eigenvalue weighted by Crippen LogP contribution is -2.58. The molecule has 2 aliphatic heterocycles. The van der Waals surface area contributed by atoms with Crippen LogP contribution in [0.3, 0.4) is 0 Å². The first-order chi connectivity index (χ1) is 12.3. The molecule has 0 aromatic rings. The maximum absolute atomic E-state index is 12.7. The van der Waals surface area contributed by atoms with Crippen molar-refractivity contribution in [1.29, 1.82) is 0 Å². The van der Waals surface area contributed by atoms with Crippen LogP contribution in [0, 0.1) is 11.8 Å². The lowest BCUT2D eigenvalue weighted by molar-refractivity contribution is -0.168. The first kappa shape index (κ1) is 21.8. The molecule has 3 rings (SSSR count). The highest BCUT2D eigenvalue weighted by Gasteiger charge is 2.50. The molecule has 1 aliphatic carbocycles. The Bertz CT molecular complexity index is 562. The zero-order valence-electron chi connectivity index (χ0n) is 16.4. The molecule has 3 aliphatic rings. The summed E-state index contributed by atoms with van der Waals surface area (Å²) in [6, 6.07) is -0.961. The highest BCUT2D eigenvalue weighted by atomic mass is 19.4. The fraction of sp³-hybridized carbons (Fsp3) is 0.889. The second kappa shape index (κ2) is 7.85. The summed E-state index contributed by atoms with van der Waals surface area (Å²) in [6.07, 6.45) is -5.94. The van der Waals surface area contributed by atoms with Gasteiger partial charge in [-0.1, -0.05) is 6.92 Å². The lowest BCUT2D eigenvalue weighted by atomic mass is 9.85. The number of alkyl halides is 3. The van der Waals surface area contributed by atoms with Crippen LogP contribution in [-0.4, -0.2) is 60.5 Å². The predicted octanol–water partition coefficient (Wildman–Crippen LogP) is 3.10. The minimum atomic E-state index is -4.55. The Morgan fingerprint density at radius 3 is 2.33 bits per heavy atom. The molecule has 2 heterocycles. The van der Waals surface area contributed by atoms with Crippen LogP contribution in [0.1, 0.15) is 47.0 Å². The summed E-state index contributed by atoms with van der Waals surface area (Å²) in [6.45, 7) is 7.40. The van der Waals surface area contributed by atoms with Gasteiger partial charge in [0.15, 0.2) is 0 Å². The largest absolute Gasteiger partial charge is 0.444 e. The van der Waals surface area contributed by atoms with Crippen LogP contribution in [0.4, 0.5) is 18.0 Å². The van der Waals surface area contributed by atoms with Crippen LogP contribution < -0.4 is 5.32 Å². The lowest BCUT2D eigenvalue weighted by Gasteiger charge is -2.43. The molecule has 1 N–H and O–H groups in total. The Kier molecular flexibility index (Phi) is 6.33. The molecule has 27 heavy (non-hydrogen) atoms. The van der Waals surface area contributed by atoms with E-state index >= 15 is 0 Å². The second-order valence-corrected chi connectivity index (χ2v) is 8.60. The molecule has 6 nitrogen and oxygen atoms in total.